The zero-order valence-corrected chi connectivity index (χ0v) is 14.7. The number of anilines is 1. The van der Waals surface area contributed by atoms with Gasteiger partial charge in [0, 0.05) is 6.20 Å². The second-order valence-electron chi connectivity index (χ2n) is 6.03. The lowest BCUT2D eigenvalue weighted by atomic mass is 10.1. The van der Waals surface area contributed by atoms with Crippen molar-refractivity contribution in [1.82, 2.24) is 20.1 Å². The molecule has 0 bridgehead atoms. The molecule has 0 saturated carbocycles. The highest BCUT2D eigenvalue weighted by molar-refractivity contribution is 6.32. The molecule has 2 aromatic rings. The molecule has 3 rings (SSSR count). The maximum atomic E-state index is 12.0. The summed E-state index contributed by atoms with van der Waals surface area (Å²) in [5.74, 6) is 0.228. The molecular weight excluding hydrogens is 330 g/mol. The number of aromatic nitrogens is 4. The van der Waals surface area contributed by atoms with E-state index in [1.807, 2.05) is 6.07 Å². The lowest BCUT2D eigenvalue weighted by Crippen LogP contribution is -2.18. The van der Waals surface area contributed by atoms with E-state index in [-0.39, 0.29) is 11.9 Å². The van der Waals surface area contributed by atoms with E-state index in [4.69, 9.17) is 16.3 Å². The van der Waals surface area contributed by atoms with E-state index in [0.717, 1.165) is 11.3 Å². The molecule has 7 nitrogen and oxygen atoms in total. The van der Waals surface area contributed by atoms with Gasteiger partial charge in [0.15, 0.2) is 5.82 Å². The zero-order chi connectivity index (χ0) is 17.3. The smallest absolute Gasteiger partial charge is 0.315 e. The number of halogens is 1. The Balaban J connectivity index is 1.79. The second kappa shape index (κ2) is 6.76. The third-order valence-corrected chi connectivity index (χ3v) is 4.31. The molecule has 0 radical (unpaired) electrons. The van der Waals surface area contributed by atoms with Crippen LogP contribution in [0.5, 0.6) is 0 Å². The van der Waals surface area contributed by atoms with E-state index in [1.165, 1.54) is 4.91 Å². The van der Waals surface area contributed by atoms with Gasteiger partial charge in [0.05, 0.1) is 17.3 Å². The maximum absolute atomic E-state index is 12.0. The van der Waals surface area contributed by atoms with Gasteiger partial charge in [0.2, 0.25) is 0 Å². The van der Waals surface area contributed by atoms with Crippen molar-refractivity contribution in [2.24, 2.45) is 0 Å². The number of esters is 1. The van der Waals surface area contributed by atoms with Gasteiger partial charge in [-0.25, -0.2) is 10.4 Å². The molecule has 2 heterocycles. The maximum Gasteiger partial charge on any atom is 0.315 e. The Hall–Kier alpha value is -2.15. The number of pyridine rings is 1. The number of hydrogen-bond acceptors (Lipinski definition) is 6. The van der Waals surface area contributed by atoms with Gasteiger partial charge >= 0.3 is 5.97 Å². The molecule has 8 heteroatoms. The molecular formula is C16H20ClN5O2. The number of rotatable bonds is 5. The average molecular weight is 350 g/mol. The Labute approximate surface area is 145 Å². The number of carbonyl (C=O) groups is 1. The van der Waals surface area contributed by atoms with Gasteiger partial charge in [-0.2, -0.15) is 0 Å². The first-order chi connectivity index (χ1) is 11.5. The van der Waals surface area contributed by atoms with Crippen LogP contribution in [-0.4, -0.2) is 32.7 Å². The normalized spacial score (nSPS) is 16.3. The summed E-state index contributed by atoms with van der Waals surface area (Å²) in [5, 5.41) is 9.23. The first-order valence-electron chi connectivity index (χ1n) is 8.04. The topological polar surface area (TPSA) is 81.9 Å². The standard InChI is InChI=1S/C16H20ClN5O2/c1-4-24-16(23)11-5-6-13-14(11)20-22(19-13)21-15-12(17)7-10(8-18-15)9(2)3/h7-9,11H,4-6H2,1-3H3,(H,18,21). The van der Waals surface area contributed by atoms with Crippen LogP contribution in [0.15, 0.2) is 12.3 Å². The molecule has 128 valence electrons. The fraction of sp³-hybridized carbons (Fsp3) is 0.500. The van der Waals surface area contributed by atoms with Crippen molar-refractivity contribution in [2.75, 3.05) is 12.0 Å². The minimum absolute atomic E-state index is 0.249. The summed E-state index contributed by atoms with van der Waals surface area (Å²) in [5.41, 5.74) is 5.48. The highest BCUT2D eigenvalue weighted by Crippen LogP contribution is 2.31. The van der Waals surface area contributed by atoms with Gasteiger partial charge in [-0.15, -0.1) is 10.2 Å². The monoisotopic (exact) mass is 349 g/mol. The fourth-order valence-corrected chi connectivity index (χ4v) is 2.90. The number of fused-ring (bicyclic) bond motifs is 1. The first kappa shape index (κ1) is 16.7. The van der Waals surface area contributed by atoms with E-state index in [1.54, 1.807) is 13.1 Å². The number of nitrogens with zero attached hydrogens (tertiary/aromatic N) is 4. The van der Waals surface area contributed by atoms with E-state index in [9.17, 15) is 4.79 Å². The molecule has 0 fully saturated rings. The van der Waals surface area contributed by atoms with E-state index >= 15 is 0 Å². The molecule has 0 amide bonds. The van der Waals surface area contributed by atoms with Gasteiger partial charge in [-0.3, -0.25) is 4.79 Å². The Morgan fingerprint density at radius 3 is 2.96 bits per heavy atom. The minimum Gasteiger partial charge on any atom is -0.465 e. The number of aryl methyl sites for hydroxylation is 1. The first-order valence-corrected chi connectivity index (χ1v) is 8.42. The van der Waals surface area contributed by atoms with E-state index in [0.29, 0.717) is 41.9 Å². The van der Waals surface area contributed by atoms with Crippen LogP contribution < -0.4 is 5.43 Å². The predicted molar refractivity (Wildman–Crippen MR) is 90.1 cm³/mol. The van der Waals surface area contributed by atoms with Crippen molar-refractivity contribution in [3.8, 4) is 0 Å². The van der Waals surface area contributed by atoms with Gasteiger partial charge in [0.1, 0.15) is 11.6 Å². The van der Waals surface area contributed by atoms with Crippen molar-refractivity contribution < 1.29 is 9.53 Å². The van der Waals surface area contributed by atoms with Crippen molar-refractivity contribution in [1.29, 1.82) is 0 Å². The summed E-state index contributed by atoms with van der Waals surface area (Å²) in [6.07, 6.45) is 3.16. The van der Waals surface area contributed by atoms with Crippen LogP contribution in [0, 0.1) is 0 Å². The van der Waals surface area contributed by atoms with Crippen molar-refractivity contribution in [3.63, 3.8) is 0 Å². The van der Waals surface area contributed by atoms with Gasteiger partial charge in [-0.05, 0) is 37.3 Å². The van der Waals surface area contributed by atoms with Crippen molar-refractivity contribution >= 4 is 23.4 Å². The Bertz CT molecular complexity index is 759. The lowest BCUT2D eigenvalue weighted by molar-refractivity contribution is -0.145. The molecule has 0 saturated heterocycles. The molecule has 2 aromatic heterocycles. The van der Waals surface area contributed by atoms with Crippen molar-refractivity contribution in [2.45, 2.75) is 45.4 Å². The van der Waals surface area contributed by atoms with Crippen LogP contribution in [0.1, 0.15) is 56.0 Å². The molecule has 1 aliphatic rings. The Kier molecular flexibility index (Phi) is 4.71. The van der Waals surface area contributed by atoms with Crippen LogP contribution in [0.4, 0.5) is 5.82 Å². The van der Waals surface area contributed by atoms with Crippen LogP contribution in [0.3, 0.4) is 0 Å². The van der Waals surface area contributed by atoms with Crippen LogP contribution >= 0.6 is 11.6 Å². The SMILES string of the molecule is CCOC(=O)C1CCc2nn(Nc3ncc(C(C)C)cc3Cl)nc21. The quantitative estimate of drug-likeness (QED) is 0.836. The summed E-state index contributed by atoms with van der Waals surface area (Å²) in [7, 11) is 0. The fourth-order valence-electron chi connectivity index (χ4n) is 2.68. The summed E-state index contributed by atoms with van der Waals surface area (Å²) in [4.78, 5) is 17.6. The number of ether oxygens (including phenoxy) is 1. The third kappa shape index (κ3) is 3.21. The van der Waals surface area contributed by atoms with Crippen molar-refractivity contribution in [3.05, 3.63) is 34.2 Å². The molecule has 0 aromatic carbocycles. The molecule has 1 atom stereocenters. The number of nitrogens with one attached hydrogen (secondary N) is 1. The van der Waals surface area contributed by atoms with E-state index in [2.05, 4.69) is 34.5 Å². The van der Waals surface area contributed by atoms with Gasteiger partial charge < -0.3 is 4.74 Å². The summed E-state index contributed by atoms with van der Waals surface area (Å²) < 4.78 is 5.10. The zero-order valence-electron chi connectivity index (χ0n) is 13.9. The molecule has 0 spiro atoms. The molecule has 1 aliphatic carbocycles. The highest BCUT2D eigenvalue weighted by Gasteiger charge is 2.34. The molecule has 0 aliphatic heterocycles. The highest BCUT2D eigenvalue weighted by atomic mass is 35.5. The Morgan fingerprint density at radius 2 is 2.29 bits per heavy atom. The molecule has 1 N–H and O–H groups in total. The average Bonchev–Trinajstić information content (AvgIpc) is 3.09. The number of carbonyl (C=O) groups excluding carboxylic acids is 1. The minimum atomic E-state index is -0.345. The lowest BCUT2D eigenvalue weighted by Gasteiger charge is -2.10. The number of hydrogen-bond donors (Lipinski definition) is 1. The molecule has 1 unspecified atom stereocenters. The Morgan fingerprint density at radius 1 is 1.50 bits per heavy atom. The predicted octanol–water partition coefficient (Wildman–Crippen LogP) is 2.92. The largest absolute Gasteiger partial charge is 0.465 e. The second-order valence-corrected chi connectivity index (χ2v) is 6.44. The van der Waals surface area contributed by atoms with Crippen LogP contribution in [-0.2, 0) is 16.0 Å². The third-order valence-electron chi connectivity index (χ3n) is 4.02. The summed E-state index contributed by atoms with van der Waals surface area (Å²) in [6.45, 7) is 6.31. The summed E-state index contributed by atoms with van der Waals surface area (Å²) >= 11 is 6.27. The van der Waals surface area contributed by atoms with Crippen LogP contribution in [0.2, 0.25) is 5.02 Å². The summed E-state index contributed by atoms with van der Waals surface area (Å²) in [6, 6.07) is 1.88. The van der Waals surface area contributed by atoms with E-state index < -0.39 is 0 Å². The van der Waals surface area contributed by atoms with Gasteiger partial charge in [-0.1, -0.05) is 30.4 Å². The molecule has 24 heavy (non-hydrogen) atoms. The van der Waals surface area contributed by atoms with Gasteiger partial charge in [0.25, 0.3) is 0 Å². The van der Waals surface area contributed by atoms with Crippen LogP contribution in [0.25, 0.3) is 0 Å².